The van der Waals surface area contributed by atoms with Crippen molar-refractivity contribution >= 4 is 23.3 Å². The SMILES string of the molecule is O=C(NCC(O)c1ccc(Cl)c(F)c1)Nc1ccc(F)cc1. The smallest absolute Gasteiger partial charge is 0.319 e. The second kappa shape index (κ2) is 7.20. The van der Waals surface area contributed by atoms with Crippen molar-refractivity contribution in [3.63, 3.8) is 0 Å². The van der Waals surface area contributed by atoms with E-state index in [1.165, 1.54) is 36.4 Å². The zero-order valence-corrected chi connectivity index (χ0v) is 12.1. The molecule has 2 aromatic rings. The number of aliphatic hydroxyl groups is 1. The Labute approximate surface area is 130 Å². The maximum atomic E-state index is 13.3. The summed E-state index contributed by atoms with van der Waals surface area (Å²) in [6, 6.07) is 8.55. The van der Waals surface area contributed by atoms with E-state index in [9.17, 15) is 18.7 Å². The van der Waals surface area contributed by atoms with Gasteiger partial charge in [0, 0.05) is 12.2 Å². The molecule has 4 nitrogen and oxygen atoms in total. The number of nitrogens with one attached hydrogen (secondary N) is 2. The third-order valence-electron chi connectivity index (χ3n) is 2.89. The lowest BCUT2D eigenvalue weighted by molar-refractivity contribution is 0.174. The van der Waals surface area contributed by atoms with E-state index in [4.69, 9.17) is 11.6 Å². The zero-order valence-electron chi connectivity index (χ0n) is 11.3. The van der Waals surface area contributed by atoms with E-state index in [0.29, 0.717) is 11.3 Å². The van der Waals surface area contributed by atoms with Crippen LogP contribution in [0.1, 0.15) is 11.7 Å². The number of carbonyl (C=O) groups is 1. The first-order valence-corrected chi connectivity index (χ1v) is 6.77. The summed E-state index contributed by atoms with van der Waals surface area (Å²) in [5.41, 5.74) is 0.704. The standard InChI is InChI=1S/C15H13ClF2N2O2/c16-12-6-1-9(7-13(12)18)14(21)8-19-15(22)20-11-4-2-10(17)3-5-11/h1-7,14,21H,8H2,(H2,19,20,22). The molecule has 116 valence electrons. The lowest BCUT2D eigenvalue weighted by Crippen LogP contribution is -2.32. The molecule has 0 aliphatic carbocycles. The van der Waals surface area contributed by atoms with Gasteiger partial charge in [0.1, 0.15) is 11.6 Å². The van der Waals surface area contributed by atoms with Gasteiger partial charge in [-0.2, -0.15) is 0 Å². The molecule has 0 fully saturated rings. The molecule has 1 unspecified atom stereocenters. The van der Waals surface area contributed by atoms with Crippen molar-refractivity contribution < 1.29 is 18.7 Å². The van der Waals surface area contributed by atoms with Gasteiger partial charge in [-0.05, 0) is 42.0 Å². The molecular formula is C15H13ClF2N2O2. The van der Waals surface area contributed by atoms with Gasteiger partial charge in [0.2, 0.25) is 0 Å². The fourth-order valence-electron chi connectivity index (χ4n) is 1.74. The first-order chi connectivity index (χ1) is 10.5. The van der Waals surface area contributed by atoms with Gasteiger partial charge in [-0.25, -0.2) is 13.6 Å². The monoisotopic (exact) mass is 326 g/mol. The number of carbonyl (C=O) groups excluding carboxylic acids is 1. The number of urea groups is 1. The Morgan fingerprint density at radius 1 is 1.18 bits per heavy atom. The van der Waals surface area contributed by atoms with Crippen LogP contribution in [0.5, 0.6) is 0 Å². The van der Waals surface area contributed by atoms with Gasteiger partial charge in [0.05, 0.1) is 11.1 Å². The molecule has 0 saturated carbocycles. The van der Waals surface area contributed by atoms with Crippen LogP contribution in [0.4, 0.5) is 19.3 Å². The Balaban J connectivity index is 1.87. The molecule has 0 bridgehead atoms. The number of halogens is 3. The second-order valence-corrected chi connectivity index (χ2v) is 4.94. The molecule has 1 atom stereocenters. The number of hydrogen-bond acceptors (Lipinski definition) is 2. The minimum atomic E-state index is -1.08. The summed E-state index contributed by atoms with van der Waals surface area (Å²) in [7, 11) is 0. The molecule has 22 heavy (non-hydrogen) atoms. The van der Waals surface area contributed by atoms with E-state index in [0.717, 1.165) is 6.07 Å². The van der Waals surface area contributed by atoms with Crippen LogP contribution < -0.4 is 10.6 Å². The van der Waals surface area contributed by atoms with Crippen LogP contribution in [0.2, 0.25) is 5.02 Å². The number of hydrogen-bond donors (Lipinski definition) is 3. The molecule has 7 heteroatoms. The Morgan fingerprint density at radius 2 is 1.86 bits per heavy atom. The van der Waals surface area contributed by atoms with Crippen molar-refractivity contribution in [2.75, 3.05) is 11.9 Å². The minimum absolute atomic E-state index is 0.0436. The number of benzene rings is 2. The van der Waals surface area contributed by atoms with Crippen molar-refractivity contribution in [3.05, 3.63) is 64.7 Å². The summed E-state index contributed by atoms with van der Waals surface area (Å²) in [5, 5.41) is 14.7. The summed E-state index contributed by atoms with van der Waals surface area (Å²) in [4.78, 5) is 11.6. The van der Waals surface area contributed by atoms with Crippen LogP contribution in [-0.2, 0) is 0 Å². The van der Waals surface area contributed by atoms with E-state index in [-0.39, 0.29) is 11.6 Å². The van der Waals surface area contributed by atoms with E-state index >= 15 is 0 Å². The van der Waals surface area contributed by atoms with E-state index < -0.39 is 23.8 Å². The third-order valence-corrected chi connectivity index (χ3v) is 3.19. The largest absolute Gasteiger partial charge is 0.387 e. The number of rotatable bonds is 4. The van der Waals surface area contributed by atoms with Gasteiger partial charge in [0.15, 0.2) is 0 Å². The van der Waals surface area contributed by atoms with Gasteiger partial charge < -0.3 is 15.7 Å². The summed E-state index contributed by atoms with van der Waals surface area (Å²) in [6.45, 7) is -0.117. The molecular weight excluding hydrogens is 314 g/mol. The molecule has 0 radical (unpaired) electrons. The lowest BCUT2D eigenvalue weighted by Gasteiger charge is -2.13. The molecule has 0 heterocycles. The van der Waals surface area contributed by atoms with Crippen LogP contribution in [0, 0.1) is 11.6 Å². The highest BCUT2D eigenvalue weighted by Crippen LogP contribution is 2.19. The Bertz CT molecular complexity index is 665. The fourth-order valence-corrected chi connectivity index (χ4v) is 1.85. The van der Waals surface area contributed by atoms with Crippen molar-refractivity contribution in [2.45, 2.75) is 6.10 Å². The predicted molar refractivity (Wildman–Crippen MR) is 79.8 cm³/mol. The highest BCUT2D eigenvalue weighted by Gasteiger charge is 2.11. The molecule has 3 N–H and O–H groups in total. The Hall–Kier alpha value is -2.18. The third kappa shape index (κ3) is 4.41. The van der Waals surface area contributed by atoms with Crippen molar-refractivity contribution in [3.8, 4) is 0 Å². The average molecular weight is 327 g/mol. The molecule has 0 aromatic heterocycles. The van der Waals surface area contributed by atoms with Gasteiger partial charge in [-0.3, -0.25) is 0 Å². The molecule has 0 aliphatic heterocycles. The molecule has 0 aliphatic rings. The summed E-state index contributed by atoms with van der Waals surface area (Å²) < 4.78 is 26.0. The topological polar surface area (TPSA) is 61.4 Å². The first kappa shape index (κ1) is 16.2. The van der Waals surface area contributed by atoms with E-state index in [1.807, 2.05) is 0 Å². The van der Waals surface area contributed by atoms with Crippen molar-refractivity contribution in [1.82, 2.24) is 5.32 Å². The molecule has 2 aromatic carbocycles. The van der Waals surface area contributed by atoms with Crippen LogP contribution >= 0.6 is 11.6 Å². The lowest BCUT2D eigenvalue weighted by atomic mass is 10.1. The zero-order chi connectivity index (χ0) is 16.1. The fraction of sp³-hybridized carbons (Fsp3) is 0.133. The Kier molecular flexibility index (Phi) is 5.30. The van der Waals surface area contributed by atoms with E-state index in [2.05, 4.69) is 10.6 Å². The van der Waals surface area contributed by atoms with Crippen molar-refractivity contribution in [2.24, 2.45) is 0 Å². The highest BCUT2D eigenvalue weighted by atomic mass is 35.5. The normalized spacial score (nSPS) is 11.8. The Morgan fingerprint density at radius 3 is 2.50 bits per heavy atom. The number of anilines is 1. The van der Waals surface area contributed by atoms with E-state index in [1.54, 1.807) is 0 Å². The van der Waals surface area contributed by atoms with Gasteiger partial charge in [-0.15, -0.1) is 0 Å². The highest BCUT2D eigenvalue weighted by molar-refractivity contribution is 6.30. The van der Waals surface area contributed by atoms with Gasteiger partial charge >= 0.3 is 6.03 Å². The van der Waals surface area contributed by atoms with Gasteiger partial charge in [-0.1, -0.05) is 17.7 Å². The minimum Gasteiger partial charge on any atom is -0.387 e. The van der Waals surface area contributed by atoms with Crippen LogP contribution in [0.25, 0.3) is 0 Å². The summed E-state index contributed by atoms with van der Waals surface area (Å²) >= 11 is 5.55. The van der Waals surface area contributed by atoms with Crippen LogP contribution in [0.15, 0.2) is 42.5 Å². The maximum absolute atomic E-state index is 13.3. The molecule has 0 spiro atoms. The molecule has 2 amide bonds. The van der Waals surface area contributed by atoms with Crippen LogP contribution in [-0.4, -0.2) is 17.7 Å². The average Bonchev–Trinajstić information content (AvgIpc) is 2.50. The summed E-state index contributed by atoms with van der Waals surface area (Å²) in [5.74, 6) is -1.06. The predicted octanol–water partition coefficient (Wildman–Crippen LogP) is 3.47. The second-order valence-electron chi connectivity index (χ2n) is 4.53. The van der Waals surface area contributed by atoms with Gasteiger partial charge in [0.25, 0.3) is 0 Å². The van der Waals surface area contributed by atoms with Crippen LogP contribution in [0.3, 0.4) is 0 Å². The molecule has 0 saturated heterocycles. The van der Waals surface area contributed by atoms with Crippen molar-refractivity contribution in [1.29, 1.82) is 0 Å². The number of aliphatic hydroxyl groups excluding tert-OH is 1. The quantitative estimate of drug-likeness (QED) is 0.805. The maximum Gasteiger partial charge on any atom is 0.319 e. The summed E-state index contributed by atoms with van der Waals surface area (Å²) in [6.07, 6.45) is -1.08. The first-order valence-electron chi connectivity index (χ1n) is 6.39. The molecule has 2 rings (SSSR count). The number of amides is 2.